The Morgan fingerprint density at radius 1 is 1.90 bits per heavy atom. The largest absolute Gasteiger partial charge is 0.300 e. The molecule has 56 valence electrons. The molecule has 2 N–H and O–H groups in total. The first-order chi connectivity index (χ1) is 4.79. The second-order valence-electron chi connectivity index (χ2n) is 2.08. The number of hydrogen-bond acceptors (Lipinski definition) is 2. The van der Waals surface area contributed by atoms with Crippen molar-refractivity contribution >= 4 is 22.6 Å². The van der Waals surface area contributed by atoms with Crippen molar-refractivity contribution in [3.05, 3.63) is 18.0 Å². The maximum absolute atomic E-state index is 3.83. The van der Waals surface area contributed by atoms with Gasteiger partial charge in [0.05, 0.1) is 4.05 Å². The summed E-state index contributed by atoms with van der Waals surface area (Å²) in [6.07, 6.45) is 1.76. The SMILES string of the molecule is CC(I)NCc1ccn[nH]1. The van der Waals surface area contributed by atoms with E-state index in [-0.39, 0.29) is 0 Å². The molecule has 0 aromatic carbocycles. The highest BCUT2D eigenvalue weighted by atomic mass is 127. The van der Waals surface area contributed by atoms with Crippen LogP contribution in [-0.2, 0) is 6.54 Å². The molecule has 1 aromatic rings. The molecule has 0 aliphatic carbocycles. The van der Waals surface area contributed by atoms with Gasteiger partial charge < -0.3 is 5.32 Å². The predicted molar refractivity (Wildman–Crippen MR) is 48.9 cm³/mol. The quantitative estimate of drug-likeness (QED) is 0.482. The molecule has 0 bridgehead atoms. The fourth-order valence-corrected chi connectivity index (χ4v) is 0.854. The van der Waals surface area contributed by atoms with Crippen molar-refractivity contribution in [2.75, 3.05) is 0 Å². The number of nitrogens with zero attached hydrogens (tertiary/aromatic N) is 1. The van der Waals surface area contributed by atoms with Gasteiger partial charge in [0.15, 0.2) is 0 Å². The fourth-order valence-electron chi connectivity index (χ4n) is 0.634. The molecule has 0 fully saturated rings. The molecular formula is C6H10IN3. The normalized spacial score (nSPS) is 13.4. The topological polar surface area (TPSA) is 40.7 Å². The minimum Gasteiger partial charge on any atom is -0.300 e. The summed E-state index contributed by atoms with van der Waals surface area (Å²) in [6.45, 7) is 2.97. The van der Waals surface area contributed by atoms with E-state index >= 15 is 0 Å². The molecule has 0 amide bonds. The van der Waals surface area contributed by atoms with Gasteiger partial charge in [-0.3, -0.25) is 5.10 Å². The van der Waals surface area contributed by atoms with Crippen LogP contribution in [0.5, 0.6) is 0 Å². The molecule has 3 nitrogen and oxygen atoms in total. The Morgan fingerprint density at radius 2 is 2.70 bits per heavy atom. The van der Waals surface area contributed by atoms with E-state index in [0.29, 0.717) is 4.05 Å². The van der Waals surface area contributed by atoms with Gasteiger partial charge in [-0.1, -0.05) is 22.6 Å². The summed E-state index contributed by atoms with van der Waals surface area (Å²) < 4.78 is 0.501. The van der Waals surface area contributed by atoms with Crippen molar-refractivity contribution in [1.82, 2.24) is 15.5 Å². The summed E-state index contributed by atoms with van der Waals surface area (Å²) in [7, 11) is 0. The molecule has 1 heterocycles. The van der Waals surface area contributed by atoms with E-state index < -0.39 is 0 Å². The van der Waals surface area contributed by atoms with Crippen LogP contribution in [0.3, 0.4) is 0 Å². The van der Waals surface area contributed by atoms with Gasteiger partial charge in [-0.25, -0.2) is 0 Å². The first-order valence-corrected chi connectivity index (χ1v) is 4.39. The third-order valence-electron chi connectivity index (χ3n) is 1.13. The summed E-state index contributed by atoms with van der Waals surface area (Å²) in [5.74, 6) is 0. The van der Waals surface area contributed by atoms with Crippen molar-refractivity contribution in [3.8, 4) is 0 Å². The molecule has 1 rings (SSSR count). The molecule has 1 aromatic heterocycles. The molecule has 4 heteroatoms. The van der Waals surface area contributed by atoms with Gasteiger partial charge in [-0.15, -0.1) is 0 Å². The van der Waals surface area contributed by atoms with E-state index in [1.165, 1.54) is 0 Å². The number of halogens is 1. The fraction of sp³-hybridized carbons (Fsp3) is 0.500. The molecule has 0 aliphatic rings. The highest BCUT2D eigenvalue weighted by Crippen LogP contribution is 1.96. The number of rotatable bonds is 3. The molecule has 0 saturated heterocycles. The van der Waals surface area contributed by atoms with Gasteiger partial charge in [0.25, 0.3) is 0 Å². The lowest BCUT2D eigenvalue weighted by atomic mass is 10.4. The monoisotopic (exact) mass is 251 g/mol. The smallest absolute Gasteiger partial charge is 0.0568 e. The van der Waals surface area contributed by atoms with E-state index in [0.717, 1.165) is 12.2 Å². The van der Waals surface area contributed by atoms with Crippen LogP contribution in [0.15, 0.2) is 12.3 Å². The molecule has 0 saturated carbocycles. The van der Waals surface area contributed by atoms with Gasteiger partial charge in [0, 0.05) is 18.4 Å². The van der Waals surface area contributed by atoms with Crippen molar-refractivity contribution in [2.45, 2.75) is 17.5 Å². The zero-order valence-corrected chi connectivity index (χ0v) is 7.92. The Bertz CT molecular complexity index is 171. The average Bonchev–Trinajstić information content (AvgIpc) is 2.34. The molecule has 10 heavy (non-hydrogen) atoms. The lowest BCUT2D eigenvalue weighted by Gasteiger charge is -2.03. The minimum absolute atomic E-state index is 0.501. The summed E-state index contributed by atoms with van der Waals surface area (Å²) in [5, 5.41) is 9.97. The lowest BCUT2D eigenvalue weighted by molar-refractivity contribution is 0.689. The number of aromatic nitrogens is 2. The van der Waals surface area contributed by atoms with Crippen molar-refractivity contribution in [3.63, 3.8) is 0 Å². The molecule has 1 atom stereocenters. The third-order valence-corrected chi connectivity index (χ3v) is 1.57. The molecule has 0 radical (unpaired) electrons. The predicted octanol–water partition coefficient (Wildman–Crippen LogP) is 1.28. The molecule has 1 unspecified atom stereocenters. The van der Waals surface area contributed by atoms with Gasteiger partial charge in [0.2, 0.25) is 0 Å². The Hall–Kier alpha value is -0.100. The maximum atomic E-state index is 3.83. The van der Waals surface area contributed by atoms with Crippen molar-refractivity contribution < 1.29 is 0 Å². The standard InChI is InChI=1S/C6H10IN3/c1-5(7)8-4-6-2-3-9-10-6/h2-3,5,8H,4H2,1H3,(H,9,10). The van der Waals surface area contributed by atoms with Crippen LogP contribution in [-0.4, -0.2) is 14.2 Å². The van der Waals surface area contributed by atoms with Crippen molar-refractivity contribution in [1.29, 1.82) is 0 Å². The Kier molecular flexibility index (Phi) is 3.14. The van der Waals surface area contributed by atoms with E-state index in [4.69, 9.17) is 0 Å². The first kappa shape index (κ1) is 8.00. The summed E-state index contributed by atoms with van der Waals surface area (Å²) in [6, 6.07) is 1.96. The zero-order valence-electron chi connectivity index (χ0n) is 5.76. The first-order valence-electron chi connectivity index (χ1n) is 3.15. The zero-order chi connectivity index (χ0) is 7.40. The minimum atomic E-state index is 0.501. The maximum Gasteiger partial charge on any atom is 0.0568 e. The summed E-state index contributed by atoms with van der Waals surface area (Å²) in [5.41, 5.74) is 1.13. The second-order valence-corrected chi connectivity index (χ2v) is 3.95. The Morgan fingerprint density at radius 3 is 3.20 bits per heavy atom. The van der Waals surface area contributed by atoms with Crippen LogP contribution in [0.1, 0.15) is 12.6 Å². The van der Waals surface area contributed by atoms with Crippen LogP contribution in [0, 0.1) is 0 Å². The molecule has 0 aliphatic heterocycles. The number of nitrogens with one attached hydrogen (secondary N) is 2. The molecular weight excluding hydrogens is 241 g/mol. The van der Waals surface area contributed by atoms with Crippen LogP contribution < -0.4 is 5.32 Å². The van der Waals surface area contributed by atoms with Crippen LogP contribution >= 0.6 is 22.6 Å². The van der Waals surface area contributed by atoms with Gasteiger partial charge in [-0.05, 0) is 13.0 Å². The highest BCUT2D eigenvalue weighted by Gasteiger charge is 1.94. The lowest BCUT2D eigenvalue weighted by Crippen LogP contribution is -2.19. The van der Waals surface area contributed by atoms with Crippen molar-refractivity contribution in [2.24, 2.45) is 0 Å². The third kappa shape index (κ3) is 2.66. The van der Waals surface area contributed by atoms with E-state index in [1.807, 2.05) is 6.07 Å². The van der Waals surface area contributed by atoms with E-state index in [1.54, 1.807) is 6.20 Å². The molecule has 0 spiro atoms. The van der Waals surface area contributed by atoms with Gasteiger partial charge in [-0.2, -0.15) is 5.10 Å². The van der Waals surface area contributed by atoms with Crippen LogP contribution in [0.2, 0.25) is 0 Å². The second kappa shape index (κ2) is 3.92. The van der Waals surface area contributed by atoms with Crippen LogP contribution in [0.4, 0.5) is 0 Å². The Balaban J connectivity index is 2.28. The highest BCUT2D eigenvalue weighted by molar-refractivity contribution is 14.1. The van der Waals surface area contributed by atoms with Crippen LogP contribution in [0.25, 0.3) is 0 Å². The summed E-state index contributed by atoms with van der Waals surface area (Å²) >= 11 is 2.32. The average molecular weight is 251 g/mol. The van der Waals surface area contributed by atoms with E-state index in [2.05, 4.69) is 45.0 Å². The number of H-pyrrole nitrogens is 1. The van der Waals surface area contributed by atoms with E-state index in [9.17, 15) is 0 Å². The number of aromatic amines is 1. The number of alkyl halides is 1. The number of hydrogen-bond donors (Lipinski definition) is 2. The van der Waals surface area contributed by atoms with Gasteiger partial charge >= 0.3 is 0 Å². The summed E-state index contributed by atoms with van der Waals surface area (Å²) in [4.78, 5) is 0. The van der Waals surface area contributed by atoms with Gasteiger partial charge in [0.1, 0.15) is 0 Å². The Labute approximate surface area is 73.7 Å².